The summed E-state index contributed by atoms with van der Waals surface area (Å²) in [6.07, 6.45) is 1.62. The molecule has 0 spiro atoms. The molecule has 1 N–H and O–H groups in total. The zero-order chi connectivity index (χ0) is 17.6. The average Bonchev–Trinajstić information content (AvgIpc) is 3.11. The molecule has 0 fully saturated rings. The number of amides is 2. The summed E-state index contributed by atoms with van der Waals surface area (Å²) < 4.78 is 5.42. The number of furan rings is 1. The molecule has 0 saturated heterocycles. The third kappa shape index (κ3) is 4.51. The second kappa shape index (κ2) is 7.71. The van der Waals surface area contributed by atoms with Crippen molar-refractivity contribution in [3.63, 3.8) is 0 Å². The zero-order valence-corrected chi connectivity index (χ0v) is 14.5. The summed E-state index contributed by atoms with van der Waals surface area (Å²) in [5, 5.41) is 3.02. The number of nitrogens with one attached hydrogen (secondary N) is 1. The number of carbonyl (C=O) groups is 1. The van der Waals surface area contributed by atoms with Crippen LogP contribution in [0.25, 0.3) is 0 Å². The van der Waals surface area contributed by atoms with Crippen LogP contribution in [0.2, 0.25) is 0 Å². The van der Waals surface area contributed by atoms with E-state index in [1.807, 2.05) is 68.4 Å². The van der Waals surface area contributed by atoms with Crippen LogP contribution in [0.4, 0.5) is 10.5 Å². The molecule has 2 aromatic carbocycles. The molecule has 0 saturated carbocycles. The quantitative estimate of drug-likeness (QED) is 0.703. The Labute approximate surface area is 148 Å². The number of rotatable bonds is 5. The second-order valence-corrected chi connectivity index (χ2v) is 6.17. The van der Waals surface area contributed by atoms with Gasteiger partial charge in [-0.2, -0.15) is 0 Å². The van der Waals surface area contributed by atoms with Gasteiger partial charge >= 0.3 is 6.03 Å². The van der Waals surface area contributed by atoms with Crippen molar-refractivity contribution in [1.29, 1.82) is 0 Å². The number of nitrogens with zero attached hydrogens (tertiary/aromatic N) is 1. The summed E-state index contributed by atoms with van der Waals surface area (Å²) in [4.78, 5) is 14.6. The van der Waals surface area contributed by atoms with Crippen molar-refractivity contribution in [3.05, 3.63) is 89.4 Å². The van der Waals surface area contributed by atoms with Gasteiger partial charge in [-0.3, -0.25) is 0 Å². The first-order chi connectivity index (χ1) is 12.1. The number of benzene rings is 2. The highest BCUT2D eigenvalue weighted by molar-refractivity contribution is 5.90. The second-order valence-electron chi connectivity index (χ2n) is 6.17. The fourth-order valence-corrected chi connectivity index (χ4v) is 2.74. The van der Waals surface area contributed by atoms with E-state index in [9.17, 15) is 4.79 Å². The van der Waals surface area contributed by atoms with E-state index in [2.05, 4.69) is 11.4 Å². The molecule has 0 aliphatic rings. The number of urea groups is 1. The minimum Gasteiger partial charge on any atom is -0.467 e. The average molecular weight is 334 g/mol. The number of hydrogen-bond acceptors (Lipinski definition) is 2. The van der Waals surface area contributed by atoms with Gasteiger partial charge in [0.25, 0.3) is 0 Å². The van der Waals surface area contributed by atoms with Gasteiger partial charge in [-0.25, -0.2) is 4.79 Å². The van der Waals surface area contributed by atoms with E-state index in [1.165, 1.54) is 5.56 Å². The Balaban J connectivity index is 1.78. The van der Waals surface area contributed by atoms with Gasteiger partial charge in [0.05, 0.1) is 12.8 Å². The van der Waals surface area contributed by atoms with Crippen LogP contribution in [0.15, 0.2) is 71.3 Å². The highest BCUT2D eigenvalue weighted by atomic mass is 16.3. The largest absolute Gasteiger partial charge is 0.467 e. The first-order valence-electron chi connectivity index (χ1n) is 8.31. The summed E-state index contributed by atoms with van der Waals surface area (Å²) >= 11 is 0. The topological polar surface area (TPSA) is 45.5 Å². The van der Waals surface area contributed by atoms with E-state index < -0.39 is 0 Å². The Morgan fingerprint density at radius 2 is 1.80 bits per heavy atom. The molecule has 0 aliphatic heterocycles. The Hall–Kier alpha value is -3.01. The normalized spacial score (nSPS) is 10.5. The lowest BCUT2D eigenvalue weighted by Gasteiger charge is -2.23. The van der Waals surface area contributed by atoms with Gasteiger partial charge in [0.2, 0.25) is 0 Å². The van der Waals surface area contributed by atoms with E-state index in [0.717, 1.165) is 22.6 Å². The number of carbonyl (C=O) groups excluding carboxylic acids is 1. The number of anilines is 1. The SMILES string of the molecule is Cc1ccc(NC(=O)N(Cc2ccccc2)Cc2ccco2)c(C)c1. The highest BCUT2D eigenvalue weighted by Crippen LogP contribution is 2.18. The maximum Gasteiger partial charge on any atom is 0.322 e. The third-order valence-electron chi connectivity index (χ3n) is 4.05. The van der Waals surface area contributed by atoms with Gasteiger partial charge in [0.15, 0.2) is 0 Å². The molecule has 1 heterocycles. The van der Waals surface area contributed by atoms with Gasteiger partial charge in [0.1, 0.15) is 5.76 Å². The predicted molar refractivity (Wildman–Crippen MR) is 99.3 cm³/mol. The summed E-state index contributed by atoms with van der Waals surface area (Å²) in [6, 6.07) is 19.5. The molecule has 3 rings (SSSR count). The summed E-state index contributed by atoms with van der Waals surface area (Å²) in [7, 11) is 0. The molecule has 25 heavy (non-hydrogen) atoms. The smallest absolute Gasteiger partial charge is 0.322 e. The van der Waals surface area contributed by atoms with Crippen molar-refractivity contribution in [2.75, 3.05) is 5.32 Å². The van der Waals surface area contributed by atoms with Crippen LogP contribution in [-0.2, 0) is 13.1 Å². The molecule has 3 aromatic rings. The van der Waals surface area contributed by atoms with Crippen molar-refractivity contribution in [2.24, 2.45) is 0 Å². The maximum atomic E-state index is 12.9. The molecular formula is C21H22N2O2. The van der Waals surface area contributed by atoms with E-state index in [0.29, 0.717) is 13.1 Å². The lowest BCUT2D eigenvalue weighted by molar-refractivity contribution is 0.201. The number of hydrogen-bond donors (Lipinski definition) is 1. The highest BCUT2D eigenvalue weighted by Gasteiger charge is 2.17. The fraction of sp³-hybridized carbons (Fsp3) is 0.190. The summed E-state index contributed by atoms with van der Waals surface area (Å²) in [5.74, 6) is 0.756. The van der Waals surface area contributed by atoms with Crippen molar-refractivity contribution < 1.29 is 9.21 Å². The first-order valence-corrected chi connectivity index (χ1v) is 8.31. The van der Waals surface area contributed by atoms with Crippen LogP contribution in [-0.4, -0.2) is 10.9 Å². The van der Waals surface area contributed by atoms with E-state index in [4.69, 9.17) is 4.42 Å². The van der Waals surface area contributed by atoms with Crippen molar-refractivity contribution in [2.45, 2.75) is 26.9 Å². The Kier molecular flexibility index (Phi) is 5.19. The van der Waals surface area contributed by atoms with Crippen LogP contribution >= 0.6 is 0 Å². The predicted octanol–water partition coefficient (Wildman–Crippen LogP) is 5.13. The van der Waals surface area contributed by atoms with Crippen molar-refractivity contribution in [1.82, 2.24) is 4.90 Å². The van der Waals surface area contributed by atoms with E-state index in [-0.39, 0.29) is 6.03 Å². The molecule has 0 atom stereocenters. The van der Waals surface area contributed by atoms with Crippen molar-refractivity contribution in [3.8, 4) is 0 Å². The molecule has 2 amide bonds. The molecule has 128 valence electrons. The monoisotopic (exact) mass is 334 g/mol. The van der Waals surface area contributed by atoms with Gasteiger partial charge in [-0.1, -0.05) is 48.0 Å². The molecule has 4 heteroatoms. The first kappa shape index (κ1) is 16.8. The van der Waals surface area contributed by atoms with Crippen LogP contribution in [0.3, 0.4) is 0 Å². The van der Waals surface area contributed by atoms with Gasteiger partial charge in [-0.05, 0) is 43.2 Å². The molecule has 0 aliphatic carbocycles. The molecule has 0 unspecified atom stereocenters. The minimum absolute atomic E-state index is 0.146. The Bertz CT molecular complexity index is 826. The van der Waals surface area contributed by atoms with Crippen LogP contribution < -0.4 is 5.32 Å². The molecule has 0 bridgehead atoms. The fourth-order valence-electron chi connectivity index (χ4n) is 2.74. The molecule has 4 nitrogen and oxygen atoms in total. The van der Waals surface area contributed by atoms with Crippen molar-refractivity contribution >= 4 is 11.7 Å². The lowest BCUT2D eigenvalue weighted by Crippen LogP contribution is -2.34. The van der Waals surface area contributed by atoms with E-state index >= 15 is 0 Å². The van der Waals surface area contributed by atoms with Gasteiger partial charge in [0, 0.05) is 12.2 Å². The molecule has 0 radical (unpaired) electrons. The lowest BCUT2D eigenvalue weighted by atomic mass is 10.1. The minimum atomic E-state index is -0.146. The van der Waals surface area contributed by atoms with E-state index in [1.54, 1.807) is 11.2 Å². The standard InChI is InChI=1S/C21H22N2O2/c1-16-10-11-20(17(2)13-16)22-21(24)23(15-19-9-6-12-25-19)14-18-7-4-3-5-8-18/h3-13H,14-15H2,1-2H3,(H,22,24). The molecular weight excluding hydrogens is 312 g/mol. The zero-order valence-electron chi connectivity index (χ0n) is 14.5. The third-order valence-corrected chi connectivity index (χ3v) is 4.05. The van der Waals surface area contributed by atoms with Gasteiger partial charge < -0.3 is 14.6 Å². The maximum absolute atomic E-state index is 12.9. The Morgan fingerprint density at radius 3 is 2.48 bits per heavy atom. The van der Waals surface area contributed by atoms with Crippen LogP contribution in [0.5, 0.6) is 0 Å². The Morgan fingerprint density at radius 1 is 1.00 bits per heavy atom. The van der Waals surface area contributed by atoms with Gasteiger partial charge in [-0.15, -0.1) is 0 Å². The van der Waals surface area contributed by atoms with Crippen LogP contribution in [0, 0.1) is 13.8 Å². The van der Waals surface area contributed by atoms with Crippen LogP contribution in [0.1, 0.15) is 22.5 Å². The number of aryl methyl sites for hydroxylation is 2. The summed E-state index contributed by atoms with van der Waals surface area (Å²) in [5.41, 5.74) is 4.12. The molecule has 1 aromatic heterocycles. The summed E-state index contributed by atoms with van der Waals surface area (Å²) in [6.45, 7) is 4.96.